The van der Waals surface area contributed by atoms with Crippen LogP contribution in [0.5, 0.6) is 0 Å². The van der Waals surface area contributed by atoms with E-state index in [2.05, 4.69) is 13.8 Å². The maximum Gasteiger partial charge on any atom is 0.326 e. The highest BCUT2D eigenvalue weighted by atomic mass is 35.5. The summed E-state index contributed by atoms with van der Waals surface area (Å²) in [6.45, 7) is 14.8. The van der Waals surface area contributed by atoms with Gasteiger partial charge in [-0.25, -0.2) is 0 Å². The first-order chi connectivity index (χ1) is 15.9. The molecule has 2 aliphatic rings. The van der Waals surface area contributed by atoms with Crippen LogP contribution in [-0.2, 0) is 19.1 Å². The van der Waals surface area contributed by atoms with E-state index >= 15 is 0 Å². The van der Waals surface area contributed by atoms with Crippen LogP contribution >= 0.6 is 11.6 Å². The van der Waals surface area contributed by atoms with Crippen molar-refractivity contribution in [1.29, 1.82) is 0 Å². The summed E-state index contributed by atoms with van der Waals surface area (Å²) in [5.74, 6) is 2.62. The molecule has 6 heteroatoms. The minimum atomic E-state index is -0.889. The predicted molar refractivity (Wildman–Crippen MR) is 147 cm³/mol. The van der Waals surface area contributed by atoms with Crippen LogP contribution in [-0.4, -0.2) is 30.0 Å². The molecule has 35 heavy (non-hydrogen) atoms. The van der Waals surface area contributed by atoms with Gasteiger partial charge in [0.25, 0.3) is 0 Å². The molecule has 0 radical (unpaired) electrons. The smallest absolute Gasteiger partial charge is 0.326 e. The van der Waals surface area contributed by atoms with E-state index < -0.39 is 4.87 Å². The van der Waals surface area contributed by atoms with Crippen LogP contribution in [0.25, 0.3) is 0 Å². The molecule has 2 saturated carbocycles. The monoisotopic (exact) mass is 517 g/mol. The molecule has 208 valence electrons. The summed E-state index contributed by atoms with van der Waals surface area (Å²) in [4.78, 5) is 22.3. The second-order valence-electron chi connectivity index (χ2n) is 12.3. The third-order valence-electron chi connectivity index (χ3n) is 7.32. The van der Waals surface area contributed by atoms with Crippen LogP contribution in [0.15, 0.2) is 0 Å². The third-order valence-corrected chi connectivity index (χ3v) is 7.48. The zero-order valence-electron chi connectivity index (χ0n) is 23.9. The van der Waals surface area contributed by atoms with Gasteiger partial charge in [0.05, 0.1) is 18.6 Å². The van der Waals surface area contributed by atoms with Gasteiger partial charge in [-0.15, -0.1) is 11.6 Å². The number of carbonyl (C=O) groups excluding carboxylic acids is 2. The first-order valence-electron chi connectivity index (χ1n) is 13.9. The predicted octanol–water partition coefficient (Wildman–Crippen LogP) is 8.50. The van der Waals surface area contributed by atoms with E-state index in [0.717, 1.165) is 11.8 Å². The van der Waals surface area contributed by atoms with Crippen LogP contribution in [0.4, 0.5) is 0 Å². The van der Waals surface area contributed by atoms with Gasteiger partial charge in [0.1, 0.15) is 4.87 Å². The Morgan fingerprint density at radius 2 is 0.971 bits per heavy atom. The van der Waals surface area contributed by atoms with E-state index in [1.807, 2.05) is 20.8 Å². The first kappa shape index (κ1) is 34.2. The summed E-state index contributed by atoms with van der Waals surface area (Å²) in [5, 5.41) is 0. The molecule has 0 atom stereocenters. The average Bonchev–Trinajstić information content (AvgIpc) is 2.77. The van der Waals surface area contributed by atoms with Gasteiger partial charge in [-0.05, 0) is 84.0 Å². The number of ether oxygens (including phenoxy) is 2. The molecule has 0 bridgehead atoms. The number of hydrogen-bond acceptors (Lipinski definition) is 5. The lowest BCUT2D eigenvalue weighted by molar-refractivity contribution is -0.154. The van der Waals surface area contributed by atoms with Crippen LogP contribution in [0.1, 0.15) is 126 Å². The van der Waals surface area contributed by atoms with E-state index in [4.69, 9.17) is 21.1 Å². The first-order valence-corrected chi connectivity index (χ1v) is 14.3. The normalized spacial score (nSPS) is 24.9. The van der Waals surface area contributed by atoms with Crippen molar-refractivity contribution in [1.82, 2.24) is 6.15 Å². The van der Waals surface area contributed by atoms with E-state index in [0.29, 0.717) is 25.0 Å². The van der Waals surface area contributed by atoms with Crippen molar-refractivity contribution in [3.8, 4) is 0 Å². The molecule has 0 aromatic carbocycles. The average molecular weight is 518 g/mol. The Labute approximate surface area is 221 Å². The maximum atomic E-state index is 11.7. The molecule has 5 nitrogen and oxygen atoms in total. The molecule has 2 fully saturated rings. The molecule has 0 unspecified atom stereocenters. The van der Waals surface area contributed by atoms with E-state index in [9.17, 15) is 9.59 Å². The van der Waals surface area contributed by atoms with Crippen molar-refractivity contribution >= 4 is 23.5 Å². The third kappa shape index (κ3) is 14.5. The molecule has 0 spiro atoms. The minimum Gasteiger partial charge on any atom is -0.465 e. The van der Waals surface area contributed by atoms with Crippen LogP contribution in [0.3, 0.4) is 0 Å². The Balaban J connectivity index is 0.000000642. The molecule has 2 aliphatic carbocycles. The second kappa shape index (κ2) is 16.8. The van der Waals surface area contributed by atoms with Gasteiger partial charge < -0.3 is 15.6 Å². The van der Waals surface area contributed by atoms with Crippen molar-refractivity contribution in [2.75, 3.05) is 13.2 Å². The molecular weight excluding hydrogens is 462 g/mol. The van der Waals surface area contributed by atoms with Gasteiger partial charge in [-0.2, -0.15) is 0 Å². The molecule has 0 saturated heterocycles. The lowest BCUT2D eigenvalue weighted by Gasteiger charge is -2.28. The zero-order chi connectivity index (χ0) is 25.8. The Morgan fingerprint density at radius 1 is 0.657 bits per heavy atom. The molecule has 0 amide bonds. The van der Waals surface area contributed by atoms with Crippen molar-refractivity contribution in [2.24, 2.45) is 29.1 Å². The number of hydrogen-bond donors (Lipinski definition) is 1. The fourth-order valence-corrected chi connectivity index (χ4v) is 5.02. The Kier molecular flexibility index (Phi) is 16.5. The topological polar surface area (TPSA) is 87.6 Å². The second-order valence-corrected chi connectivity index (χ2v) is 13.2. The largest absolute Gasteiger partial charge is 0.465 e. The van der Waals surface area contributed by atoms with Crippen LogP contribution in [0, 0.1) is 29.1 Å². The Hall–Kier alpha value is -0.810. The number of halogens is 1. The van der Waals surface area contributed by atoms with E-state index in [-0.39, 0.29) is 23.5 Å². The summed E-state index contributed by atoms with van der Waals surface area (Å²) < 4.78 is 10.7. The van der Waals surface area contributed by atoms with Crippen molar-refractivity contribution in [2.45, 2.75) is 130 Å². The fraction of sp³-hybridized carbons (Fsp3) is 0.931. The molecule has 0 aromatic rings. The Bertz CT molecular complexity index is 528. The SMILES string of the molecule is CCCC1CCC(COC(=O)C(C)(C)C)CC1.CCCC1CCC(COC(=O)C(C)(C)Cl)CC1.N. The van der Waals surface area contributed by atoms with Gasteiger partial charge >= 0.3 is 11.9 Å². The van der Waals surface area contributed by atoms with E-state index in [1.54, 1.807) is 13.8 Å². The fourth-order valence-electron chi connectivity index (χ4n) is 4.97. The molecule has 0 aliphatic heterocycles. The summed E-state index contributed by atoms with van der Waals surface area (Å²) in [5.41, 5.74) is -0.362. The van der Waals surface area contributed by atoms with Gasteiger partial charge in [0.15, 0.2) is 0 Å². The highest BCUT2D eigenvalue weighted by molar-refractivity contribution is 6.33. The highest BCUT2D eigenvalue weighted by Crippen LogP contribution is 2.33. The van der Waals surface area contributed by atoms with Crippen molar-refractivity contribution in [3.63, 3.8) is 0 Å². The summed E-state index contributed by atoms with van der Waals surface area (Å²) in [6, 6.07) is 0. The molecule has 3 N–H and O–H groups in total. The summed E-state index contributed by atoms with van der Waals surface area (Å²) >= 11 is 5.89. The number of carbonyl (C=O) groups is 2. The van der Waals surface area contributed by atoms with Gasteiger partial charge in [-0.3, -0.25) is 9.59 Å². The lowest BCUT2D eigenvalue weighted by atomic mass is 9.80. The maximum absolute atomic E-state index is 11.7. The summed E-state index contributed by atoms with van der Waals surface area (Å²) in [7, 11) is 0. The molecular formula is C29H56ClNO4. The number of rotatable bonds is 9. The van der Waals surface area contributed by atoms with Crippen LogP contribution < -0.4 is 6.15 Å². The van der Waals surface area contributed by atoms with Crippen LogP contribution in [0.2, 0.25) is 0 Å². The zero-order valence-corrected chi connectivity index (χ0v) is 24.7. The molecule has 2 rings (SSSR count). The summed E-state index contributed by atoms with van der Waals surface area (Å²) in [6.07, 6.45) is 15.4. The Morgan fingerprint density at radius 3 is 1.26 bits per heavy atom. The van der Waals surface area contributed by atoms with Gasteiger partial charge in [0, 0.05) is 0 Å². The van der Waals surface area contributed by atoms with Crippen molar-refractivity contribution in [3.05, 3.63) is 0 Å². The highest BCUT2D eigenvalue weighted by Gasteiger charge is 2.28. The van der Waals surface area contributed by atoms with Gasteiger partial charge in [-0.1, -0.05) is 65.2 Å². The number of esters is 2. The molecule has 0 aromatic heterocycles. The lowest BCUT2D eigenvalue weighted by Crippen LogP contribution is -2.30. The number of alkyl halides is 1. The minimum absolute atomic E-state index is 0. The standard InChI is InChI=1S/C15H28O2.C14H25ClO2.H3N/c1-5-6-12-7-9-13(10-8-12)11-17-14(16)15(2,3)4;1-4-5-11-6-8-12(9-7-11)10-17-13(16)14(2,3)15;/h12-13H,5-11H2,1-4H3;11-12H,4-10H2,1-3H3;1H3. The van der Waals surface area contributed by atoms with Gasteiger partial charge in [0.2, 0.25) is 0 Å². The molecule has 0 heterocycles. The van der Waals surface area contributed by atoms with E-state index in [1.165, 1.54) is 77.0 Å². The van der Waals surface area contributed by atoms with Crippen molar-refractivity contribution < 1.29 is 19.1 Å². The quantitative estimate of drug-likeness (QED) is 0.244.